The molecular formula is C18H15ClO2. The van der Waals surface area contributed by atoms with E-state index in [0.717, 1.165) is 22.3 Å². The third-order valence-electron chi connectivity index (χ3n) is 3.42. The van der Waals surface area contributed by atoms with Crippen LogP contribution in [0.25, 0.3) is 16.7 Å². The Morgan fingerprint density at radius 2 is 1.67 bits per heavy atom. The van der Waals surface area contributed by atoms with Gasteiger partial charge in [-0.05, 0) is 66.3 Å². The number of rotatable bonds is 3. The van der Waals surface area contributed by atoms with Gasteiger partial charge in [0.1, 0.15) is 11.5 Å². The summed E-state index contributed by atoms with van der Waals surface area (Å²) >= 11 is 5.42. The van der Waals surface area contributed by atoms with Crippen LogP contribution in [0, 0.1) is 20.8 Å². The van der Waals surface area contributed by atoms with Crippen molar-refractivity contribution in [1.29, 1.82) is 0 Å². The summed E-state index contributed by atoms with van der Waals surface area (Å²) in [5, 5.41) is -0.792. The first-order valence-corrected chi connectivity index (χ1v) is 6.95. The van der Waals surface area contributed by atoms with Crippen LogP contribution < -0.4 is 0 Å². The van der Waals surface area contributed by atoms with E-state index < -0.39 is 5.24 Å². The van der Waals surface area contributed by atoms with E-state index in [0.29, 0.717) is 5.56 Å². The van der Waals surface area contributed by atoms with Crippen molar-refractivity contribution in [2.45, 2.75) is 20.8 Å². The average molecular weight is 299 g/mol. The first-order chi connectivity index (χ1) is 9.93. The minimum absolute atomic E-state index is 0.138. The third-order valence-corrected chi connectivity index (χ3v) is 3.60. The van der Waals surface area contributed by atoms with Crippen molar-refractivity contribution in [1.82, 2.24) is 0 Å². The summed E-state index contributed by atoms with van der Waals surface area (Å²) in [4.78, 5) is 22.2. The van der Waals surface area contributed by atoms with Crippen LogP contribution in [-0.4, -0.2) is 11.2 Å². The molecule has 3 heteroatoms. The third kappa shape index (κ3) is 3.13. The van der Waals surface area contributed by atoms with Gasteiger partial charge in [0.25, 0.3) is 5.24 Å². The SMILES string of the molecule is Cc1cc(C)c(-c2cccc(C(=C=O)C(=O)Cl)c2)c(C)c1. The lowest BCUT2D eigenvalue weighted by atomic mass is 9.92. The maximum absolute atomic E-state index is 11.3. The normalized spacial score (nSPS) is 10.1. The van der Waals surface area contributed by atoms with Gasteiger partial charge in [-0.15, -0.1) is 0 Å². The van der Waals surface area contributed by atoms with Crippen LogP contribution in [0.15, 0.2) is 36.4 Å². The Hall–Kier alpha value is -2.15. The highest BCUT2D eigenvalue weighted by Gasteiger charge is 2.13. The fraction of sp³-hybridized carbons (Fsp3) is 0.167. The molecule has 2 aromatic rings. The molecule has 0 atom stereocenters. The number of allylic oxidation sites excluding steroid dienone is 1. The van der Waals surface area contributed by atoms with Gasteiger partial charge < -0.3 is 0 Å². The van der Waals surface area contributed by atoms with Crippen LogP contribution in [0.1, 0.15) is 22.3 Å². The molecule has 0 fully saturated rings. The van der Waals surface area contributed by atoms with Crippen LogP contribution in [-0.2, 0) is 9.59 Å². The number of carbonyl (C=O) groups is 1. The van der Waals surface area contributed by atoms with Crippen LogP contribution in [0.4, 0.5) is 0 Å². The second kappa shape index (κ2) is 6.09. The molecule has 0 spiro atoms. The van der Waals surface area contributed by atoms with Crippen LogP contribution in [0.3, 0.4) is 0 Å². The van der Waals surface area contributed by atoms with E-state index in [4.69, 9.17) is 11.6 Å². The van der Waals surface area contributed by atoms with Gasteiger partial charge in [-0.2, -0.15) is 0 Å². The highest BCUT2D eigenvalue weighted by molar-refractivity contribution is 6.75. The monoisotopic (exact) mass is 298 g/mol. The molecule has 2 nitrogen and oxygen atoms in total. The zero-order valence-electron chi connectivity index (χ0n) is 12.2. The van der Waals surface area contributed by atoms with Crippen LogP contribution in [0.2, 0.25) is 0 Å². The summed E-state index contributed by atoms with van der Waals surface area (Å²) < 4.78 is 0. The van der Waals surface area contributed by atoms with Crippen molar-refractivity contribution in [3.8, 4) is 11.1 Å². The number of aryl methyl sites for hydroxylation is 3. The smallest absolute Gasteiger partial charge is 0.264 e. The molecule has 21 heavy (non-hydrogen) atoms. The van der Waals surface area contributed by atoms with E-state index in [2.05, 4.69) is 19.1 Å². The maximum Gasteiger partial charge on any atom is 0.264 e. The van der Waals surface area contributed by atoms with Gasteiger partial charge in [-0.1, -0.05) is 35.9 Å². The lowest BCUT2D eigenvalue weighted by molar-refractivity contribution is -0.106. The van der Waals surface area contributed by atoms with Crippen LogP contribution >= 0.6 is 11.6 Å². The minimum Gasteiger partial charge on any atom is -0.275 e. The van der Waals surface area contributed by atoms with Gasteiger partial charge in [0.2, 0.25) is 0 Å². The molecule has 0 amide bonds. The quantitative estimate of drug-likeness (QED) is 0.482. The molecule has 0 saturated heterocycles. The van der Waals surface area contributed by atoms with E-state index in [1.807, 2.05) is 19.9 Å². The van der Waals surface area contributed by atoms with Crippen molar-refractivity contribution in [3.63, 3.8) is 0 Å². The highest BCUT2D eigenvalue weighted by Crippen LogP contribution is 2.30. The van der Waals surface area contributed by atoms with E-state index in [9.17, 15) is 9.59 Å². The first-order valence-electron chi connectivity index (χ1n) is 6.57. The lowest BCUT2D eigenvalue weighted by Gasteiger charge is -2.12. The fourth-order valence-corrected chi connectivity index (χ4v) is 2.83. The standard InChI is InChI=1S/C18H15ClO2/c1-11-7-12(2)17(13(3)8-11)15-6-4-5-14(9-15)16(10-20)18(19)21/h4-9H,1-3H3. The van der Waals surface area contributed by atoms with Crippen molar-refractivity contribution in [2.75, 3.05) is 0 Å². The largest absolute Gasteiger partial charge is 0.275 e. The highest BCUT2D eigenvalue weighted by atomic mass is 35.5. The first kappa shape index (κ1) is 15.2. The molecule has 0 aliphatic rings. The number of carbonyl (C=O) groups excluding carboxylic acids is 2. The molecule has 106 valence electrons. The Morgan fingerprint density at radius 3 is 2.19 bits per heavy atom. The van der Waals surface area contributed by atoms with Gasteiger partial charge in [0, 0.05) is 0 Å². The van der Waals surface area contributed by atoms with Gasteiger partial charge in [-0.25, -0.2) is 4.79 Å². The van der Waals surface area contributed by atoms with Gasteiger partial charge in [-0.3, -0.25) is 4.79 Å². The molecule has 0 heterocycles. The lowest BCUT2D eigenvalue weighted by Crippen LogP contribution is -1.96. The second-order valence-electron chi connectivity index (χ2n) is 5.11. The van der Waals surface area contributed by atoms with E-state index in [1.54, 1.807) is 24.1 Å². The zero-order valence-corrected chi connectivity index (χ0v) is 12.9. The Kier molecular flexibility index (Phi) is 4.42. The van der Waals surface area contributed by atoms with Crippen LogP contribution in [0.5, 0.6) is 0 Å². The molecule has 0 saturated carbocycles. The van der Waals surface area contributed by atoms with E-state index >= 15 is 0 Å². The molecular weight excluding hydrogens is 284 g/mol. The molecule has 0 N–H and O–H groups in total. The van der Waals surface area contributed by atoms with Gasteiger partial charge in [0.15, 0.2) is 0 Å². The Labute approximate surface area is 129 Å². The topological polar surface area (TPSA) is 34.1 Å². The molecule has 2 aromatic carbocycles. The van der Waals surface area contributed by atoms with Crippen molar-refractivity contribution < 1.29 is 9.59 Å². The molecule has 2 rings (SSSR count). The molecule has 0 aliphatic heterocycles. The summed E-state index contributed by atoms with van der Waals surface area (Å²) in [6.07, 6.45) is 0. The predicted molar refractivity (Wildman–Crippen MR) is 86.0 cm³/mol. The van der Waals surface area contributed by atoms with Crippen molar-refractivity contribution in [3.05, 3.63) is 58.7 Å². The number of benzene rings is 2. The van der Waals surface area contributed by atoms with Gasteiger partial charge >= 0.3 is 0 Å². The van der Waals surface area contributed by atoms with E-state index in [1.165, 1.54) is 5.56 Å². The molecule has 0 bridgehead atoms. The molecule has 0 aromatic heterocycles. The average Bonchev–Trinajstić information content (AvgIpc) is 2.38. The van der Waals surface area contributed by atoms with Crippen molar-refractivity contribution >= 4 is 28.4 Å². The number of halogens is 1. The minimum atomic E-state index is -0.792. The van der Waals surface area contributed by atoms with Crippen molar-refractivity contribution in [2.24, 2.45) is 0 Å². The Morgan fingerprint density at radius 1 is 1.05 bits per heavy atom. The number of hydrogen-bond donors (Lipinski definition) is 0. The molecule has 0 aliphatic carbocycles. The maximum atomic E-state index is 11.3. The number of hydrogen-bond acceptors (Lipinski definition) is 2. The summed E-state index contributed by atoms with van der Waals surface area (Å²) in [6.45, 7) is 6.15. The zero-order chi connectivity index (χ0) is 15.6. The summed E-state index contributed by atoms with van der Waals surface area (Å²) in [5.41, 5.74) is 5.91. The summed E-state index contributed by atoms with van der Waals surface area (Å²) in [7, 11) is 0. The Balaban J connectivity index is 2.63. The Bertz CT molecular complexity index is 746. The molecule has 0 radical (unpaired) electrons. The van der Waals surface area contributed by atoms with Gasteiger partial charge in [0.05, 0.1) is 0 Å². The second-order valence-corrected chi connectivity index (χ2v) is 5.45. The summed E-state index contributed by atoms with van der Waals surface area (Å²) in [5.74, 6) is 1.62. The fourth-order valence-electron chi connectivity index (χ4n) is 2.68. The summed E-state index contributed by atoms with van der Waals surface area (Å²) in [6, 6.07) is 11.5. The van der Waals surface area contributed by atoms with E-state index in [-0.39, 0.29) is 5.57 Å². The molecule has 0 unspecified atom stereocenters. The predicted octanol–water partition coefficient (Wildman–Crippen LogP) is 4.26.